The first-order valence-corrected chi connectivity index (χ1v) is 12.2. The first-order valence-electron chi connectivity index (χ1n) is 12.2. The average Bonchev–Trinajstić information content (AvgIpc) is 3.52. The van der Waals surface area contributed by atoms with Crippen molar-refractivity contribution in [2.24, 2.45) is 5.92 Å². The molecule has 1 aliphatic carbocycles. The van der Waals surface area contributed by atoms with Gasteiger partial charge in [-0.2, -0.15) is 0 Å². The molecule has 9 nitrogen and oxygen atoms in total. The van der Waals surface area contributed by atoms with E-state index >= 15 is 0 Å². The van der Waals surface area contributed by atoms with Gasteiger partial charge in [-0.25, -0.2) is 14.0 Å². The summed E-state index contributed by atoms with van der Waals surface area (Å²) in [4.78, 5) is 35.1. The van der Waals surface area contributed by atoms with Crippen molar-refractivity contribution in [3.8, 4) is 0 Å². The predicted molar refractivity (Wildman–Crippen MR) is 126 cm³/mol. The molecule has 2 heterocycles. The average molecular weight is 770 g/mol. The molecule has 1 saturated heterocycles. The van der Waals surface area contributed by atoms with Crippen LogP contribution in [0, 0.1) is 11.7 Å². The van der Waals surface area contributed by atoms with Crippen LogP contribution in [0.15, 0.2) is 18.2 Å². The summed E-state index contributed by atoms with van der Waals surface area (Å²) in [5.41, 5.74) is 1.80. The molecule has 2 aliphatic rings. The maximum Gasteiger partial charge on any atom is 1.00 e. The second kappa shape index (κ2) is 16.4. The zero-order chi connectivity index (χ0) is 26.6. The van der Waals surface area contributed by atoms with Gasteiger partial charge in [-0.05, 0) is 95.1 Å². The summed E-state index contributed by atoms with van der Waals surface area (Å²) >= 11 is 0. The van der Waals surface area contributed by atoms with E-state index in [-0.39, 0.29) is 162 Å². The van der Waals surface area contributed by atoms with Crippen LogP contribution in [0.25, 0.3) is 10.9 Å². The zero-order valence-electron chi connectivity index (χ0n) is 23.2. The summed E-state index contributed by atoms with van der Waals surface area (Å²) in [7, 11) is 0. The number of ether oxygens (including phenoxy) is 2. The molecule has 1 aromatic carbocycles. The van der Waals surface area contributed by atoms with Crippen LogP contribution in [0.4, 0.5) is 14.0 Å². The quantitative estimate of drug-likeness (QED) is 0.298. The molecular formula is C26H33Cs2FN2O7. The summed E-state index contributed by atoms with van der Waals surface area (Å²) in [6.07, 6.45) is 1.10. The number of aromatic nitrogens is 1. The van der Waals surface area contributed by atoms with E-state index in [1.54, 1.807) is 24.0 Å². The Balaban J connectivity index is 0.00000113. The third-order valence-electron chi connectivity index (χ3n) is 6.20. The number of likely N-dealkylation sites (tertiary alicyclic amines) is 1. The van der Waals surface area contributed by atoms with E-state index in [0.29, 0.717) is 31.3 Å². The zero-order valence-corrected chi connectivity index (χ0v) is 35.7. The van der Waals surface area contributed by atoms with Gasteiger partial charge in [0.15, 0.2) is 0 Å². The third kappa shape index (κ3) is 10.9. The number of esters is 1. The van der Waals surface area contributed by atoms with Crippen molar-refractivity contribution in [1.82, 2.24) is 9.47 Å². The molecule has 1 aliphatic heterocycles. The molecular weight excluding hydrogens is 737 g/mol. The summed E-state index contributed by atoms with van der Waals surface area (Å²) < 4.78 is 27.4. The van der Waals surface area contributed by atoms with E-state index in [0.717, 1.165) is 48.7 Å². The summed E-state index contributed by atoms with van der Waals surface area (Å²) in [6.45, 7) is 9.52. The van der Waals surface area contributed by atoms with E-state index < -0.39 is 11.8 Å². The van der Waals surface area contributed by atoms with Crippen LogP contribution in [0.2, 0.25) is 0 Å². The van der Waals surface area contributed by atoms with Gasteiger partial charge in [0.1, 0.15) is 17.1 Å². The van der Waals surface area contributed by atoms with Crippen LogP contribution in [-0.2, 0) is 16.0 Å². The SMILES string of the molecule is CCOC(=O)c1cc2cc(F)cc(C3CCN(C(=O)OC(C)(C)C)CC3)c2n1CC1CC1.O=C([O-])[O-].[Cs+].[Cs+]. The maximum absolute atomic E-state index is 14.6. The van der Waals surface area contributed by atoms with Gasteiger partial charge in [0.2, 0.25) is 0 Å². The summed E-state index contributed by atoms with van der Waals surface area (Å²) in [6, 6.07) is 4.87. The van der Waals surface area contributed by atoms with Crippen molar-refractivity contribution in [1.29, 1.82) is 0 Å². The minimum Gasteiger partial charge on any atom is -0.652 e. The van der Waals surface area contributed by atoms with Crippen LogP contribution in [-0.4, -0.2) is 53.0 Å². The van der Waals surface area contributed by atoms with Gasteiger partial charge in [0.25, 0.3) is 0 Å². The number of carbonyl (C=O) groups is 3. The Morgan fingerprint density at radius 3 is 2.11 bits per heavy atom. The number of benzene rings is 1. The number of carboxylic acid groups (broad SMARTS) is 2. The van der Waals surface area contributed by atoms with Gasteiger partial charge in [-0.1, -0.05) is 0 Å². The molecule has 38 heavy (non-hydrogen) atoms. The Labute approximate surface area is 340 Å². The largest absolute Gasteiger partial charge is 1.00 e. The van der Waals surface area contributed by atoms with Gasteiger partial charge in [0, 0.05) is 25.0 Å². The first-order chi connectivity index (χ1) is 16.9. The van der Waals surface area contributed by atoms with Crippen molar-refractivity contribution in [3.63, 3.8) is 0 Å². The Hall–Kier alpha value is 0.804. The minimum absolute atomic E-state index is 0. The van der Waals surface area contributed by atoms with Crippen molar-refractivity contribution in [3.05, 3.63) is 35.3 Å². The Kier molecular flexibility index (Phi) is 15.9. The van der Waals surface area contributed by atoms with E-state index in [4.69, 9.17) is 24.5 Å². The van der Waals surface area contributed by atoms with Gasteiger partial charge < -0.3 is 33.9 Å². The van der Waals surface area contributed by atoms with Crippen LogP contribution in [0.1, 0.15) is 75.3 Å². The van der Waals surface area contributed by atoms with Crippen LogP contribution < -0.4 is 148 Å². The molecule has 0 spiro atoms. The Bertz CT molecular complexity index is 1120. The molecule has 1 saturated carbocycles. The molecule has 0 atom stereocenters. The molecule has 198 valence electrons. The molecule has 1 amide bonds. The molecule has 2 aromatic rings. The topological polar surface area (TPSA) is 124 Å². The molecule has 4 rings (SSSR count). The number of hydrogen-bond donors (Lipinski definition) is 0. The van der Waals surface area contributed by atoms with E-state index in [2.05, 4.69) is 0 Å². The fraction of sp³-hybridized carbons (Fsp3) is 0.577. The van der Waals surface area contributed by atoms with Crippen LogP contribution >= 0.6 is 0 Å². The van der Waals surface area contributed by atoms with Gasteiger partial charge in [-0.15, -0.1) is 0 Å². The standard InChI is InChI=1S/C25H33FN2O4.CH2O3.2Cs/c1-5-31-23(29)21-13-18-12-19(26)14-20(22(18)28(21)15-16-6-7-16)17-8-10-27(11-9-17)24(30)32-25(2,3)4;2-1(3)4;;/h12-14,16-17H,5-11,15H2,1-4H3;(H2,2,3,4);;/q;;2*+1/p-2. The third-order valence-corrected chi connectivity index (χ3v) is 6.20. The second-order valence-corrected chi connectivity index (χ2v) is 10.2. The fourth-order valence-corrected chi connectivity index (χ4v) is 4.54. The summed E-state index contributed by atoms with van der Waals surface area (Å²) in [5, 5.41) is 17.4. The molecule has 0 radical (unpaired) electrons. The second-order valence-electron chi connectivity index (χ2n) is 10.2. The molecule has 1 aromatic heterocycles. The monoisotopic (exact) mass is 770 g/mol. The number of halogens is 1. The minimum atomic E-state index is -2.33. The van der Waals surface area contributed by atoms with Gasteiger partial charge in [0.05, 0.1) is 12.1 Å². The van der Waals surface area contributed by atoms with Crippen molar-refractivity contribution in [2.45, 2.75) is 71.4 Å². The summed E-state index contributed by atoms with van der Waals surface area (Å²) in [5.74, 6) is -0.0167. The molecule has 0 N–H and O–H groups in total. The van der Waals surface area contributed by atoms with Crippen LogP contribution in [0.3, 0.4) is 0 Å². The van der Waals surface area contributed by atoms with Gasteiger partial charge in [-0.3, -0.25) is 0 Å². The number of amides is 1. The molecule has 0 bridgehead atoms. The van der Waals surface area contributed by atoms with E-state index in [1.165, 1.54) is 6.07 Å². The molecule has 12 heteroatoms. The van der Waals surface area contributed by atoms with Crippen molar-refractivity contribution in [2.75, 3.05) is 19.7 Å². The normalized spacial score (nSPS) is 15.4. The number of carbonyl (C=O) groups excluding carboxylic acids is 3. The van der Waals surface area contributed by atoms with Crippen molar-refractivity contribution < 1.29 is 176 Å². The number of rotatable bonds is 5. The number of nitrogens with zero attached hydrogens (tertiary/aromatic N) is 2. The smallest absolute Gasteiger partial charge is 0.652 e. The fourth-order valence-electron chi connectivity index (χ4n) is 4.54. The Morgan fingerprint density at radius 1 is 1.03 bits per heavy atom. The van der Waals surface area contributed by atoms with E-state index in [1.807, 2.05) is 25.3 Å². The predicted octanol–water partition coefficient (Wildman–Crippen LogP) is -2.96. The number of hydrogen-bond acceptors (Lipinski definition) is 7. The van der Waals surface area contributed by atoms with Crippen LogP contribution in [0.5, 0.6) is 0 Å². The first kappa shape index (κ1) is 36.8. The maximum atomic E-state index is 14.6. The molecule has 0 unspecified atom stereocenters. The number of fused-ring (bicyclic) bond motifs is 1. The van der Waals surface area contributed by atoms with E-state index in [9.17, 15) is 14.0 Å². The molecule has 2 fully saturated rings. The van der Waals surface area contributed by atoms with Crippen molar-refractivity contribution >= 4 is 29.1 Å². The van der Waals surface area contributed by atoms with Gasteiger partial charge >= 0.3 is 150 Å². The number of piperidine rings is 1. The Morgan fingerprint density at radius 2 is 1.61 bits per heavy atom.